The van der Waals surface area contributed by atoms with E-state index < -0.39 is 5.41 Å². The highest BCUT2D eigenvalue weighted by Gasteiger charge is 2.27. The van der Waals surface area contributed by atoms with E-state index in [1.54, 1.807) is 0 Å². The van der Waals surface area contributed by atoms with Gasteiger partial charge in [0.25, 0.3) is 0 Å². The highest BCUT2D eigenvalue weighted by Crippen LogP contribution is 2.18. The molecule has 0 aromatic rings. The SMILES string of the molecule is CCNC(=O)C(C)(C)CN=C(NCC)N1CCCC(C)C1. The molecular formula is C16H32N4O. The fraction of sp³-hybridized carbons (Fsp3) is 0.875. The number of hydrogen-bond donors (Lipinski definition) is 2. The number of carbonyl (C=O) groups is 1. The van der Waals surface area contributed by atoms with Gasteiger partial charge in [-0.2, -0.15) is 0 Å². The monoisotopic (exact) mass is 296 g/mol. The number of guanidine groups is 1. The predicted octanol–water partition coefficient (Wildman–Crippen LogP) is 1.85. The van der Waals surface area contributed by atoms with Crippen molar-refractivity contribution in [2.45, 2.75) is 47.5 Å². The molecule has 0 aliphatic carbocycles. The summed E-state index contributed by atoms with van der Waals surface area (Å²) in [4.78, 5) is 19.1. The molecule has 1 atom stereocenters. The molecule has 1 heterocycles. The van der Waals surface area contributed by atoms with Crippen LogP contribution in [-0.4, -0.2) is 49.5 Å². The van der Waals surface area contributed by atoms with Crippen LogP contribution < -0.4 is 10.6 Å². The van der Waals surface area contributed by atoms with Gasteiger partial charge in [-0.15, -0.1) is 0 Å². The van der Waals surface area contributed by atoms with Crippen LogP contribution in [-0.2, 0) is 4.79 Å². The third-order valence-electron chi connectivity index (χ3n) is 3.87. The molecule has 1 fully saturated rings. The first kappa shape index (κ1) is 17.8. The van der Waals surface area contributed by atoms with Crippen LogP contribution in [0.25, 0.3) is 0 Å². The van der Waals surface area contributed by atoms with E-state index in [1.165, 1.54) is 12.8 Å². The normalized spacial score (nSPS) is 20.3. The Kier molecular flexibility index (Phi) is 6.99. The smallest absolute Gasteiger partial charge is 0.227 e. The van der Waals surface area contributed by atoms with Gasteiger partial charge in [0.05, 0.1) is 12.0 Å². The van der Waals surface area contributed by atoms with Crippen LogP contribution in [0.5, 0.6) is 0 Å². The zero-order chi connectivity index (χ0) is 15.9. The van der Waals surface area contributed by atoms with E-state index in [0.717, 1.165) is 25.6 Å². The second-order valence-corrected chi connectivity index (χ2v) is 6.61. The van der Waals surface area contributed by atoms with Crippen LogP contribution in [0.15, 0.2) is 4.99 Å². The second kappa shape index (κ2) is 8.25. The Balaban J connectivity index is 2.72. The van der Waals surface area contributed by atoms with Crippen LogP contribution in [0.2, 0.25) is 0 Å². The van der Waals surface area contributed by atoms with Gasteiger partial charge in [0.2, 0.25) is 5.91 Å². The highest BCUT2D eigenvalue weighted by molar-refractivity contribution is 5.83. The van der Waals surface area contributed by atoms with Crippen molar-refractivity contribution in [2.24, 2.45) is 16.3 Å². The van der Waals surface area contributed by atoms with Gasteiger partial charge in [-0.3, -0.25) is 9.79 Å². The second-order valence-electron chi connectivity index (χ2n) is 6.61. The number of carbonyl (C=O) groups excluding carboxylic acids is 1. The predicted molar refractivity (Wildman–Crippen MR) is 88.4 cm³/mol. The number of piperidine rings is 1. The van der Waals surface area contributed by atoms with Gasteiger partial charge in [-0.1, -0.05) is 6.92 Å². The first-order valence-electron chi connectivity index (χ1n) is 8.22. The van der Waals surface area contributed by atoms with E-state index in [1.807, 2.05) is 20.8 Å². The van der Waals surface area contributed by atoms with Gasteiger partial charge in [0.15, 0.2) is 5.96 Å². The largest absolute Gasteiger partial charge is 0.357 e. The van der Waals surface area contributed by atoms with Crippen LogP contribution in [0.4, 0.5) is 0 Å². The van der Waals surface area contributed by atoms with Crippen molar-refractivity contribution >= 4 is 11.9 Å². The van der Waals surface area contributed by atoms with E-state index in [2.05, 4.69) is 29.4 Å². The Morgan fingerprint density at radius 1 is 1.29 bits per heavy atom. The fourth-order valence-electron chi connectivity index (χ4n) is 2.55. The maximum Gasteiger partial charge on any atom is 0.227 e. The Bertz CT molecular complexity index is 365. The molecule has 0 saturated carbocycles. The lowest BCUT2D eigenvalue weighted by Gasteiger charge is -2.34. The minimum Gasteiger partial charge on any atom is -0.357 e. The van der Waals surface area contributed by atoms with Crippen molar-refractivity contribution in [1.82, 2.24) is 15.5 Å². The van der Waals surface area contributed by atoms with Gasteiger partial charge in [-0.05, 0) is 46.5 Å². The van der Waals surface area contributed by atoms with Crippen molar-refractivity contribution in [1.29, 1.82) is 0 Å². The number of hydrogen-bond acceptors (Lipinski definition) is 2. The van der Waals surface area contributed by atoms with E-state index in [4.69, 9.17) is 4.99 Å². The molecule has 1 rings (SSSR count). The standard InChI is InChI=1S/C16H32N4O/c1-6-17-14(21)16(4,5)12-19-15(18-7-2)20-10-8-9-13(3)11-20/h13H,6-12H2,1-5H3,(H,17,21)(H,18,19). The quantitative estimate of drug-likeness (QED) is 0.601. The van der Waals surface area contributed by atoms with E-state index in [0.29, 0.717) is 19.0 Å². The molecule has 0 radical (unpaired) electrons. The third-order valence-corrected chi connectivity index (χ3v) is 3.87. The highest BCUT2D eigenvalue weighted by atomic mass is 16.2. The molecule has 0 spiro atoms. The molecule has 5 heteroatoms. The zero-order valence-corrected chi connectivity index (χ0v) is 14.3. The minimum absolute atomic E-state index is 0.0663. The van der Waals surface area contributed by atoms with Crippen molar-refractivity contribution in [3.63, 3.8) is 0 Å². The van der Waals surface area contributed by atoms with Gasteiger partial charge in [-0.25, -0.2) is 0 Å². The van der Waals surface area contributed by atoms with E-state index in [-0.39, 0.29) is 5.91 Å². The molecule has 2 N–H and O–H groups in total. The summed E-state index contributed by atoms with van der Waals surface area (Å²) >= 11 is 0. The lowest BCUT2D eigenvalue weighted by atomic mass is 9.92. The molecule has 1 amide bonds. The maximum absolute atomic E-state index is 12.0. The maximum atomic E-state index is 12.0. The summed E-state index contributed by atoms with van der Waals surface area (Å²) in [6.45, 7) is 14.3. The Morgan fingerprint density at radius 3 is 2.52 bits per heavy atom. The summed E-state index contributed by atoms with van der Waals surface area (Å²) in [5.41, 5.74) is -0.474. The van der Waals surface area contributed by atoms with Gasteiger partial charge >= 0.3 is 0 Å². The zero-order valence-electron chi connectivity index (χ0n) is 14.3. The molecular weight excluding hydrogens is 264 g/mol. The Labute approximate surface area is 129 Å². The molecule has 0 aromatic carbocycles. The van der Waals surface area contributed by atoms with Gasteiger partial charge in [0, 0.05) is 26.2 Å². The van der Waals surface area contributed by atoms with Crippen LogP contribution in [0, 0.1) is 11.3 Å². The molecule has 1 saturated heterocycles. The van der Waals surface area contributed by atoms with Crippen LogP contribution in [0.1, 0.15) is 47.5 Å². The molecule has 21 heavy (non-hydrogen) atoms. The van der Waals surface area contributed by atoms with Gasteiger partial charge < -0.3 is 15.5 Å². The number of likely N-dealkylation sites (tertiary alicyclic amines) is 1. The van der Waals surface area contributed by atoms with Crippen molar-refractivity contribution in [2.75, 3.05) is 32.7 Å². The first-order chi connectivity index (χ1) is 9.90. The molecule has 122 valence electrons. The summed E-state index contributed by atoms with van der Waals surface area (Å²) in [7, 11) is 0. The lowest BCUT2D eigenvalue weighted by molar-refractivity contribution is -0.128. The summed E-state index contributed by atoms with van der Waals surface area (Å²) < 4.78 is 0. The Hall–Kier alpha value is -1.26. The van der Waals surface area contributed by atoms with Gasteiger partial charge in [0.1, 0.15) is 0 Å². The van der Waals surface area contributed by atoms with Crippen molar-refractivity contribution in [3.05, 3.63) is 0 Å². The van der Waals surface area contributed by atoms with Crippen molar-refractivity contribution in [3.8, 4) is 0 Å². The number of rotatable bonds is 5. The van der Waals surface area contributed by atoms with Crippen LogP contribution in [0.3, 0.4) is 0 Å². The molecule has 1 aliphatic rings. The number of amides is 1. The average Bonchev–Trinajstić information content (AvgIpc) is 2.43. The van der Waals surface area contributed by atoms with E-state index >= 15 is 0 Å². The van der Waals surface area contributed by atoms with Crippen molar-refractivity contribution < 1.29 is 4.79 Å². The number of aliphatic imine (C=N–C) groups is 1. The summed E-state index contributed by atoms with van der Waals surface area (Å²) in [5.74, 6) is 1.72. The number of nitrogens with zero attached hydrogens (tertiary/aromatic N) is 2. The summed E-state index contributed by atoms with van der Waals surface area (Å²) in [5, 5.41) is 6.25. The molecule has 5 nitrogen and oxygen atoms in total. The topological polar surface area (TPSA) is 56.7 Å². The molecule has 0 bridgehead atoms. The fourth-order valence-corrected chi connectivity index (χ4v) is 2.55. The Morgan fingerprint density at radius 2 is 1.95 bits per heavy atom. The van der Waals surface area contributed by atoms with E-state index in [9.17, 15) is 4.79 Å². The molecule has 1 unspecified atom stereocenters. The van der Waals surface area contributed by atoms with Crippen LogP contribution >= 0.6 is 0 Å². The number of nitrogens with one attached hydrogen (secondary N) is 2. The third kappa shape index (κ3) is 5.56. The molecule has 1 aliphatic heterocycles. The minimum atomic E-state index is -0.474. The lowest BCUT2D eigenvalue weighted by Crippen LogP contribution is -2.47. The molecule has 0 aromatic heterocycles. The average molecular weight is 296 g/mol. The summed E-state index contributed by atoms with van der Waals surface area (Å²) in [6.07, 6.45) is 2.51. The summed E-state index contributed by atoms with van der Waals surface area (Å²) in [6, 6.07) is 0. The first-order valence-corrected chi connectivity index (χ1v) is 8.22.